The second kappa shape index (κ2) is 10.9. The molecule has 3 aliphatic heterocycles. The van der Waals surface area contributed by atoms with E-state index in [2.05, 4.69) is 25.2 Å². The molecule has 10 nitrogen and oxygen atoms in total. The molecule has 0 bridgehead atoms. The van der Waals surface area contributed by atoms with E-state index in [-0.39, 0.29) is 5.91 Å². The Balaban J connectivity index is 1.22. The number of piperidine rings is 2. The van der Waals surface area contributed by atoms with E-state index in [0.29, 0.717) is 76.5 Å². The van der Waals surface area contributed by atoms with Crippen LogP contribution in [0.5, 0.6) is 17.4 Å². The number of hydrogen-bond acceptors (Lipinski definition) is 8. The van der Waals surface area contributed by atoms with E-state index in [9.17, 15) is 4.79 Å². The van der Waals surface area contributed by atoms with Gasteiger partial charge in [0.1, 0.15) is 18.9 Å². The van der Waals surface area contributed by atoms with Crippen molar-refractivity contribution in [3.63, 3.8) is 0 Å². The second-order valence-corrected chi connectivity index (χ2v) is 10.3. The van der Waals surface area contributed by atoms with Gasteiger partial charge in [-0.2, -0.15) is 9.97 Å². The van der Waals surface area contributed by atoms with Crippen LogP contribution in [0.3, 0.4) is 0 Å². The second-order valence-electron chi connectivity index (χ2n) is 9.91. The Morgan fingerprint density at radius 3 is 2.63 bits per heavy atom. The molecular formula is C27H33ClN6O4. The number of H-pyrrole nitrogens is 1. The number of amides is 1. The number of carbonyl (C=O) groups is 1. The van der Waals surface area contributed by atoms with Crippen molar-refractivity contribution in [3.8, 4) is 17.4 Å². The molecule has 38 heavy (non-hydrogen) atoms. The molecule has 0 spiro atoms. The van der Waals surface area contributed by atoms with Gasteiger partial charge in [0.25, 0.3) is 5.91 Å². The fourth-order valence-electron chi connectivity index (χ4n) is 5.67. The largest absolute Gasteiger partial charge is 0.485 e. The van der Waals surface area contributed by atoms with Crippen LogP contribution >= 0.6 is 11.6 Å². The van der Waals surface area contributed by atoms with Crippen molar-refractivity contribution in [2.75, 3.05) is 51.3 Å². The Bertz CT molecular complexity index is 1320. The first kappa shape index (κ1) is 25.1. The lowest BCUT2D eigenvalue weighted by molar-refractivity contribution is 0.0582. The summed E-state index contributed by atoms with van der Waals surface area (Å²) in [5, 5.41) is 4.34. The minimum atomic E-state index is -0.0206. The average Bonchev–Trinajstić information content (AvgIpc) is 3.34. The standard InChI is InChI=1S/C27H33ClN6O4/c1-2-36-25-21-19(28)16-29-24(21)31-27(32-25)30-20-7-6-18(22-23(20)38-15-14-37-22)26(35)34-12-8-17(9-13-34)33-10-4-3-5-11-33/h6-7,16-17H,2-5,8-15H2,1H3,(H2,29,30,31,32). The summed E-state index contributed by atoms with van der Waals surface area (Å²) in [6, 6.07) is 4.19. The van der Waals surface area contributed by atoms with Gasteiger partial charge in [-0.15, -0.1) is 0 Å². The average molecular weight is 541 g/mol. The van der Waals surface area contributed by atoms with Crippen LogP contribution in [0.2, 0.25) is 5.02 Å². The van der Waals surface area contributed by atoms with E-state index < -0.39 is 0 Å². The maximum Gasteiger partial charge on any atom is 0.257 e. The van der Waals surface area contributed by atoms with Crippen LogP contribution in [0.15, 0.2) is 18.3 Å². The highest BCUT2D eigenvalue weighted by molar-refractivity contribution is 6.35. The molecule has 6 rings (SSSR count). The number of rotatable bonds is 6. The molecule has 5 heterocycles. The molecule has 1 aromatic carbocycles. The van der Waals surface area contributed by atoms with E-state index in [4.69, 9.17) is 25.8 Å². The van der Waals surface area contributed by atoms with Gasteiger partial charge in [-0.3, -0.25) is 4.79 Å². The van der Waals surface area contributed by atoms with Gasteiger partial charge < -0.3 is 34.3 Å². The van der Waals surface area contributed by atoms with Crippen molar-refractivity contribution >= 4 is 40.2 Å². The molecule has 0 saturated carbocycles. The molecule has 202 valence electrons. The topological polar surface area (TPSA) is 105 Å². The quantitative estimate of drug-likeness (QED) is 0.467. The van der Waals surface area contributed by atoms with Crippen LogP contribution in [-0.2, 0) is 0 Å². The number of aromatic nitrogens is 3. The Labute approximate surface area is 226 Å². The number of carbonyl (C=O) groups excluding carboxylic acids is 1. The molecule has 2 saturated heterocycles. The third-order valence-corrected chi connectivity index (χ3v) is 7.85. The molecule has 0 unspecified atom stereocenters. The Hall–Kier alpha value is -3.24. The first-order valence-electron chi connectivity index (χ1n) is 13.5. The Morgan fingerprint density at radius 1 is 1.11 bits per heavy atom. The number of halogens is 1. The molecular weight excluding hydrogens is 508 g/mol. The van der Waals surface area contributed by atoms with Crippen LogP contribution in [-0.4, -0.2) is 82.7 Å². The summed E-state index contributed by atoms with van der Waals surface area (Å²) in [5.74, 6) is 1.62. The zero-order valence-corrected chi connectivity index (χ0v) is 22.4. The van der Waals surface area contributed by atoms with Crippen LogP contribution in [0.4, 0.5) is 11.6 Å². The zero-order chi connectivity index (χ0) is 26.1. The highest BCUT2D eigenvalue weighted by Gasteiger charge is 2.31. The van der Waals surface area contributed by atoms with Crippen LogP contribution in [0, 0.1) is 0 Å². The van der Waals surface area contributed by atoms with Crippen molar-refractivity contribution in [1.29, 1.82) is 0 Å². The lowest BCUT2D eigenvalue weighted by Gasteiger charge is -2.40. The number of likely N-dealkylation sites (tertiary alicyclic amines) is 2. The highest BCUT2D eigenvalue weighted by Crippen LogP contribution is 2.42. The summed E-state index contributed by atoms with van der Waals surface area (Å²) in [7, 11) is 0. The van der Waals surface area contributed by atoms with E-state index in [1.54, 1.807) is 12.3 Å². The smallest absolute Gasteiger partial charge is 0.257 e. The maximum absolute atomic E-state index is 13.6. The summed E-state index contributed by atoms with van der Waals surface area (Å²) < 4.78 is 17.7. The number of anilines is 2. The molecule has 0 aliphatic carbocycles. The Morgan fingerprint density at radius 2 is 1.87 bits per heavy atom. The number of fused-ring (bicyclic) bond motifs is 2. The van der Waals surface area contributed by atoms with Gasteiger partial charge >= 0.3 is 0 Å². The summed E-state index contributed by atoms with van der Waals surface area (Å²) in [5.41, 5.74) is 1.69. The fourth-order valence-corrected chi connectivity index (χ4v) is 5.90. The molecule has 1 amide bonds. The van der Waals surface area contributed by atoms with E-state index in [1.165, 1.54) is 32.4 Å². The van der Waals surface area contributed by atoms with Gasteiger partial charge in [0.15, 0.2) is 11.5 Å². The number of benzene rings is 1. The predicted molar refractivity (Wildman–Crippen MR) is 145 cm³/mol. The van der Waals surface area contributed by atoms with Crippen molar-refractivity contribution in [3.05, 3.63) is 28.9 Å². The number of ether oxygens (including phenoxy) is 3. The predicted octanol–water partition coefficient (Wildman–Crippen LogP) is 4.62. The first-order valence-corrected chi connectivity index (χ1v) is 13.9. The van der Waals surface area contributed by atoms with Crippen molar-refractivity contribution in [2.24, 2.45) is 0 Å². The highest BCUT2D eigenvalue weighted by atomic mass is 35.5. The van der Waals surface area contributed by atoms with Gasteiger partial charge in [-0.1, -0.05) is 18.0 Å². The van der Waals surface area contributed by atoms with Gasteiger partial charge in [-0.05, 0) is 57.8 Å². The lowest BCUT2D eigenvalue weighted by Crippen LogP contribution is -2.48. The minimum absolute atomic E-state index is 0.0206. The number of hydrogen-bond donors (Lipinski definition) is 2. The molecule has 2 fully saturated rings. The summed E-state index contributed by atoms with van der Waals surface area (Å²) >= 11 is 6.29. The van der Waals surface area contributed by atoms with Gasteiger partial charge in [0, 0.05) is 25.3 Å². The lowest BCUT2D eigenvalue weighted by atomic mass is 9.99. The van der Waals surface area contributed by atoms with E-state index >= 15 is 0 Å². The molecule has 11 heteroatoms. The van der Waals surface area contributed by atoms with Gasteiger partial charge in [0.05, 0.1) is 28.3 Å². The van der Waals surface area contributed by atoms with Crippen molar-refractivity contribution < 1.29 is 19.0 Å². The monoisotopic (exact) mass is 540 g/mol. The van der Waals surface area contributed by atoms with Crippen LogP contribution < -0.4 is 19.5 Å². The molecule has 0 radical (unpaired) electrons. The normalized spacial score (nSPS) is 18.5. The third-order valence-electron chi connectivity index (χ3n) is 7.56. The van der Waals surface area contributed by atoms with Crippen LogP contribution in [0.25, 0.3) is 11.0 Å². The molecule has 2 N–H and O–H groups in total. The SMILES string of the molecule is CCOc1nc(Nc2ccc(C(=O)N3CCC(N4CCCCC4)CC3)c3c2OCCO3)nc2[nH]cc(Cl)c12. The van der Waals surface area contributed by atoms with E-state index in [0.717, 1.165) is 25.9 Å². The van der Waals surface area contributed by atoms with Crippen molar-refractivity contribution in [2.45, 2.75) is 45.1 Å². The maximum atomic E-state index is 13.6. The first-order chi connectivity index (χ1) is 18.6. The fraction of sp³-hybridized carbons (Fsp3) is 0.519. The van der Waals surface area contributed by atoms with Gasteiger partial charge in [0.2, 0.25) is 11.8 Å². The third kappa shape index (κ3) is 4.82. The number of nitrogens with zero attached hydrogens (tertiary/aromatic N) is 4. The Kier molecular flexibility index (Phi) is 7.16. The zero-order valence-electron chi connectivity index (χ0n) is 21.6. The van der Waals surface area contributed by atoms with Gasteiger partial charge in [-0.25, -0.2) is 0 Å². The van der Waals surface area contributed by atoms with Crippen LogP contribution in [0.1, 0.15) is 49.4 Å². The van der Waals surface area contributed by atoms with E-state index in [1.807, 2.05) is 17.9 Å². The molecule has 3 aliphatic rings. The summed E-state index contributed by atoms with van der Waals surface area (Å²) in [6.45, 7) is 6.96. The minimum Gasteiger partial charge on any atom is -0.485 e. The van der Waals surface area contributed by atoms with Crippen molar-refractivity contribution in [1.82, 2.24) is 24.8 Å². The number of nitrogens with one attached hydrogen (secondary N) is 2. The molecule has 0 atom stereocenters. The number of aromatic amines is 1. The molecule has 2 aromatic heterocycles. The summed E-state index contributed by atoms with van der Waals surface area (Å²) in [4.78, 5) is 30.3. The molecule has 3 aromatic rings. The summed E-state index contributed by atoms with van der Waals surface area (Å²) in [6.07, 6.45) is 7.58.